The van der Waals surface area contributed by atoms with Crippen LogP contribution in [0.2, 0.25) is 0 Å². The summed E-state index contributed by atoms with van der Waals surface area (Å²) >= 11 is 0. The van der Waals surface area contributed by atoms with Crippen molar-refractivity contribution in [2.24, 2.45) is 0 Å². The number of nitrogens with one attached hydrogen (secondary N) is 2. The van der Waals surface area contributed by atoms with E-state index in [2.05, 4.69) is 32.5 Å². The molecule has 1 atom stereocenters. The van der Waals surface area contributed by atoms with Gasteiger partial charge >= 0.3 is 6.01 Å². The highest BCUT2D eigenvalue weighted by molar-refractivity contribution is 5.36. The van der Waals surface area contributed by atoms with E-state index >= 15 is 0 Å². The molecule has 1 unspecified atom stereocenters. The highest BCUT2D eigenvalue weighted by atomic mass is 16.5. The summed E-state index contributed by atoms with van der Waals surface area (Å²) in [4.78, 5) is 12.7. The van der Waals surface area contributed by atoms with Gasteiger partial charge < -0.3 is 20.1 Å². The summed E-state index contributed by atoms with van der Waals surface area (Å²) in [7, 11) is 0. The fourth-order valence-corrected chi connectivity index (χ4v) is 2.11. The predicted molar refractivity (Wildman–Crippen MR) is 77.2 cm³/mol. The Hall–Kier alpha value is -1.63. The maximum Gasteiger partial charge on any atom is 0.323 e. The smallest absolute Gasteiger partial charge is 0.323 e. The molecule has 1 aromatic heterocycles. The first-order valence-electron chi connectivity index (χ1n) is 7.16. The third kappa shape index (κ3) is 3.93. The van der Waals surface area contributed by atoms with E-state index in [9.17, 15) is 0 Å². The maximum atomic E-state index is 5.74. The van der Waals surface area contributed by atoms with E-state index in [0.29, 0.717) is 31.1 Å². The summed E-state index contributed by atoms with van der Waals surface area (Å²) in [6, 6.07) is 0.332. The number of hydrogen-bond donors (Lipinski definition) is 2. The second kappa shape index (κ2) is 6.69. The number of anilines is 2. The van der Waals surface area contributed by atoms with Crippen LogP contribution in [0.1, 0.15) is 33.6 Å². The average Bonchev–Trinajstić information content (AvgIpc) is 2.85. The molecular weight excluding hydrogens is 258 g/mol. The molecule has 1 fully saturated rings. The van der Waals surface area contributed by atoms with Crippen molar-refractivity contribution in [2.45, 2.75) is 39.2 Å². The van der Waals surface area contributed by atoms with Gasteiger partial charge in [0.05, 0.1) is 12.2 Å². The Morgan fingerprint density at radius 1 is 1.20 bits per heavy atom. The van der Waals surface area contributed by atoms with Crippen LogP contribution in [0.3, 0.4) is 0 Å². The topological polar surface area (TPSA) is 81.2 Å². The third-order valence-electron chi connectivity index (χ3n) is 3.14. The van der Waals surface area contributed by atoms with Gasteiger partial charge in [-0.2, -0.15) is 15.0 Å². The first-order chi connectivity index (χ1) is 9.65. The summed E-state index contributed by atoms with van der Waals surface area (Å²) in [5, 5.41) is 6.29. The summed E-state index contributed by atoms with van der Waals surface area (Å²) in [6.45, 7) is 8.76. The van der Waals surface area contributed by atoms with Crippen molar-refractivity contribution in [1.82, 2.24) is 15.0 Å². The van der Waals surface area contributed by atoms with Crippen LogP contribution in [0, 0.1) is 0 Å². The van der Waals surface area contributed by atoms with Crippen molar-refractivity contribution in [1.29, 1.82) is 0 Å². The van der Waals surface area contributed by atoms with E-state index in [-0.39, 0.29) is 5.60 Å². The molecule has 0 amide bonds. The van der Waals surface area contributed by atoms with Gasteiger partial charge in [0, 0.05) is 19.7 Å². The van der Waals surface area contributed by atoms with Crippen LogP contribution in [0.25, 0.3) is 0 Å². The van der Waals surface area contributed by atoms with Gasteiger partial charge in [-0.25, -0.2) is 0 Å². The summed E-state index contributed by atoms with van der Waals surface area (Å²) in [5.41, 5.74) is -0.142. The van der Waals surface area contributed by atoms with E-state index in [1.165, 1.54) is 0 Å². The number of rotatable bonds is 7. The van der Waals surface area contributed by atoms with Crippen LogP contribution in [-0.2, 0) is 4.74 Å². The second-order valence-electron chi connectivity index (χ2n) is 4.98. The van der Waals surface area contributed by atoms with E-state index < -0.39 is 0 Å². The first-order valence-corrected chi connectivity index (χ1v) is 7.16. The molecule has 0 saturated carbocycles. The van der Waals surface area contributed by atoms with Crippen LogP contribution in [-0.4, -0.2) is 46.9 Å². The largest absolute Gasteiger partial charge is 0.464 e. The van der Waals surface area contributed by atoms with Gasteiger partial charge in [0.15, 0.2) is 0 Å². The van der Waals surface area contributed by atoms with Gasteiger partial charge in [0.25, 0.3) is 0 Å². The average molecular weight is 281 g/mol. The fourth-order valence-electron chi connectivity index (χ4n) is 2.11. The third-order valence-corrected chi connectivity index (χ3v) is 3.14. The van der Waals surface area contributed by atoms with Gasteiger partial charge in [-0.3, -0.25) is 0 Å². The number of ether oxygens (including phenoxy) is 2. The molecule has 2 heterocycles. The van der Waals surface area contributed by atoms with Gasteiger partial charge in [0.1, 0.15) is 0 Å². The molecule has 20 heavy (non-hydrogen) atoms. The minimum absolute atomic E-state index is 0.142. The Morgan fingerprint density at radius 3 is 2.55 bits per heavy atom. The van der Waals surface area contributed by atoms with Gasteiger partial charge in [-0.15, -0.1) is 0 Å². The molecule has 7 heteroatoms. The molecule has 0 aromatic carbocycles. The van der Waals surface area contributed by atoms with Crippen LogP contribution in [0.15, 0.2) is 0 Å². The fraction of sp³-hybridized carbons (Fsp3) is 0.769. The van der Waals surface area contributed by atoms with E-state index in [1.807, 2.05) is 13.8 Å². The summed E-state index contributed by atoms with van der Waals surface area (Å²) < 4.78 is 11.1. The Labute approximate surface area is 119 Å². The maximum absolute atomic E-state index is 5.74. The molecule has 1 aliphatic heterocycles. The number of hydrogen-bond acceptors (Lipinski definition) is 7. The number of nitrogens with zero attached hydrogens (tertiary/aromatic N) is 3. The van der Waals surface area contributed by atoms with Gasteiger partial charge in [-0.1, -0.05) is 0 Å². The van der Waals surface area contributed by atoms with E-state index in [0.717, 1.165) is 26.0 Å². The van der Waals surface area contributed by atoms with E-state index in [1.54, 1.807) is 0 Å². The first kappa shape index (κ1) is 14.8. The Morgan fingerprint density at radius 2 is 1.95 bits per heavy atom. The van der Waals surface area contributed by atoms with Crippen molar-refractivity contribution in [3.63, 3.8) is 0 Å². The van der Waals surface area contributed by atoms with E-state index in [4.69, 9.17) is 9.47 Å². The molecule has 0 aliphatic carbocycles. The standard InChI is InChI=1S/C13H23N5O2/c1-4-14-10-16-11(18-12(17-10)19-5-2)15-9-13(3)7-6-8-20-13/h4-9H2,1-3H3,(H2,14,15,16,17,18). The molecule has 0 spiro atoms. The normalized spacial score (nSPS) is 21.8. The highest BCUT2D eigenvalue weighted by Gasteiger charge is 2.29. The molecule has 7 nitrogen and oxygen atoms in total. The van der Waals surface area contributed by atoms with Gasteiger partial charge in [0.2, 0.25) is 11.9 Å². The van der Waals surface area contributed by atoms with Crippen LogP contribution in [0.4, 0.5) is 11.9 Å². The zero-order valence-electron chi connectivity index (χ0n) is 12.4. The Kier molecular flexibility index (Phi) is 4.94. The number of aromatic nitrogens is 3. The minimum Gasteiger partial charge on any atom is -0.464 e. The quantitative estimate of drug-likeness (QED) is 0.787. The second-order valence-corrected chi connectivity index (χ2v) is 4.98. The zero-order chi connectivity index (χ0) is 14.4. The molecule has 1 saturated heterocycles. The highest BCUT2D eigenvalue weighted by Crippen LogP contribution is 2.25. The lowest BCUT2D eigenvalue weighted by Crippen LogP contribution is -2.33. The molecule has 2 N–H and O–H groups in total. The monoisotopic (exact) mass is 281 g/mol. The lowest BCUT2D eigenvalue weighted by atomic mass is 10.0. The lowest BCUT2D eigenvalue weighted by molar-refractivity contribution is 0.0314. The molecule has 112 valence electrons. The van der Waals surface area contributed by atoms with Crippen LogP contribution in [0.5, 0.6) is 6.01 Å². The van der Waals surface area contributed by atoms with Crippen molar-refractivity contribution in [2.75, 3.05) is 36.9 Å². The van der Waals surface area contributed by atoms with Gasteiger partial charge in [-0.05, 0) is 33.6 Å². The summed E-state index contributed by atoms with van der Waals surface area (Å²) in [5.74, 6) is 1.03. The van der Waals surface area contributed by atoms with Crippen molar-refractivity contribution < 1.29 is 9.47 Å². The lowest BCUT2D eigenvalue weighted by Gasteiger charge is -2.23. The SMILES string of the molecule is CCNc1nc(NCC2(C)CCCO2)nc(OCC)n1. The summed E-state index contributed by atoms with van der Waals surface area (Å²) in [6.07, 6.45) is 2.14. The molecule has 2 rings (SSSR count). The molecular formula is C13H23N5O2. The Bertz CT molecular complexity index is 411. The molecule has 1 aromatic rings. The molecule has 1 aliphatic rings. The zero-order valence-corrected chi connectivity index (χ0v) is 12.4. The molecule has 0 bridgehead atoms. The van der Waals surface area contributed by atoms with Crippen LogP contribution >= 0.6 is 0 Å². The Balaban J connectivity index is 2.05. The van der Waals surface area contributed by atoms with Crippen LogP contribution < -0.4 is 15.4 Å². The minimum atomic E-state index is -0.142. The van der Waals surface area contributed by atoms with Crippen molar-refractivity contribution in [3.05, 3.63) is 0 Å². The predicted octanol–water partition coefficient (Wildman–Crippen LogP) is 1.68. The van der Waals surface area contributed by atoms with Crippen molar-refractivity contribution >= 4 is 11.9 Å². The molecule has 0 radical (unpaired) electrons. The van der Waals surface area contributed by atoms with Crippen molar-refractivity contribution in [3.8, 4) is 6.01 Å².